The van der Waals surface area contributed by atoms with E-state index in [4.69, 9.17) is 7.85 Å². The highest BCUT2D eigenvalue weighted by Gasteiger charge is 1.87. The Kier molecular flexibility index (Phi) is 5.20. The molecule has 0 saturated heterocycles. The van der Waals surface area contributed by atoms with E-state index in [1.54, 1.807) is 0 Å². The van der Waals surface area contributed by atoms with Crippen LogP contribution in [0.4, 0.5) is 5.69 Å². The number of nitrogens with zero attached hydrogens (tertiary/aromatic N) is 1. The van der Waals surface area contributed by atoms with Gasteiger partial charge in [0.25, 0.3) is 0 Å². The lowest BCUT2D eigenvalue weighted by Crippen LogP contribution is -2.07. The Labute approximate surface area is 99.1 Å². The monoisotopic (exact) mass is 209 g/mol. The molecule has 16 heavy (non-hydrogen) atoms. The van der Waals surface area contributed by atoms with Crippen molar-refractivity contribution in [3.63, 3.8) is 0 Å². The van der Waals surface area contributed by atoms with Crippen LogP contribution in [0.5, 0.6) is 0 Å². The van der Waals surface area contributed by atoms with Crippen LogP contribution >= 0.6 is 0 Å². The van der Waals surface area contributed by atoms with Gasteiger partial charge in [0.2, 0.25) is 0 Å². The van der Waals surface area contributed by atoms with E-state index in [1.807, 2.05) is 62.6 Å². The summed E-state index contributed by atoms with van der Waals surface area (Å²) in [6, 6.07) is 19.7. The van der Waals surface area contributed by atoms with Gasteiger partial charge in [-0.2, -0.15) is 0 Å². The minimum absolute atomic E-state index is 0.822. The second-order valence-corrected chi connectivity index (χ2v) is 3.64. The molecule has 0 aromatic heterocycles. The lowest BCUT2D eigenvalue weighted by atomic mass is 9.97. The Balaban J connectivity index is 0.000000165. The number of para-hydroxylation sites is 1. The van der Waals surface area contributed by atoms with Gasteiger partial charge in [0.15, 0.2) is 0 Å². The van der Waals surface area contributed by atoms with E-state index in [-0.39, 0.29) is 0 Å². The van der Waals surface area contributed by atoms with Crippen LogP contribution in [0.3, 0.4) is 0 Å². The summed E-state index contributed by atoms with van der Waals surface area (Å²) in [4.78, 5) is 2.08. The summed E-state index contributed by atoms with van der Waals surface area (Å²) >= 11 is 0. The Morgan fingerprint density at radius 1 is 0.750 bits per heavy atom. The summed E-state index contributed by atoms with van der Waals surface area (Å²) in [5.41, 5.74) is 2.07. The quantitative estimate of drug-likeness (QED) is 0.651. The van der Waals surface area contributed by atoms with Crippen molar-refractivity contribution in [3.05, 3.63) is 60.7 Å². The fourth-order valence-corrected chi connectivity index (χ4v) is 1.18. The van der Waals surface area contributed by atoms with Gasteiger partial charge in [0, 0.05) is 19.8 Å². The second kappa shape index (κ2) is 6.73. The van der Waals surface area contributed by atoms with Crippen LogP contribution in [0.1, 0.15) is 0 Å². The zero-order valence-electron chi connectivity index (χ0n) is 9.80. The smallest absolute Gasteiger partial charge is 0.113 e. The SMILES string of the molecule is CN(C)c1ccccc1.[B]c1ccccc1. The molecule has 80 valence electrons. The van der Waals surface area contributed by atoms with Gasteiger partial charge in [0.1, 0.15) is 7.85 Å². The first-order valence-electron chi connectivity index (χ1n) is 5.23. The molecular weight excluding hydrogens is 193 g/mol. The van der Waals surface area contributed by atoms with E-state index in [1.165, 1.54) is 5.69 Å². The van der Waals surface area contributed by atoms with Crippen LogP contribution in [0.15, 0.2) is 60.7 Å². The molecular formula is C14H16BN. The molecule has 0 heterocycles. The first-order valence-corrected chi connectivity index (χ1v) is 5.23. The Bertz CT molecular complexity index is 384. The van der Waals surface area contributed by atoms with Gasteiger partial charge in [-0.05, 0) is 12.1 Å². The molecule has 0 fully saturated rings. The molecule has 0 atom stereocenters. The third-order valence-corrected chi connectivity index (χ3v) is 2.07. The van der Waals surface area contributed by atoms with Crippen molar-refractivity contribution < 1.29 is 0 Å². The van der Waals surface area contributed by atoms with Crippen LogP contribution in [-0.2, 0) is 0 Å². The highest BCUT2D eigenvalue weighted by Crippen LogP contribution is 2.07. The van der Waals surface area contributed by atoms with Crippen molar-refractivity contribution in [1.82, 2.24) is 0 Å². The molecule has 2 aromatic rings. The molecule has 0 amide bonds. The maximum absolute atomic E-state index is 5.36. The maximum atomic E-state index is 5.36. The minimum atomic E-state index is 0.822. The van der Waals surface area contributed by atoms with E-state index >= 15 is 0 Å². The molecule has 0 aliphatic heterocycles. The van der Waals surface area contributed by atoms with E-state index in [9.17, 15) is 0 Å². The Morgan fingerprint density at radius 3 is 1.44 bits per heavy atom. The van der Waals surface area contributed by atoms with E-state index in [0.29, 0.717) is 0 Å². The molecule has 1 nitrogen and oxygen atoms in total. The molecule has 0 unspecified atom stereocenters. The molecule has 0 aliphatic rings. The maximum Gasteiger partial charge on any atom is 0.113 e. The number of hydrogen-bond donors (Lipinski definition) is 0. The molecule has 2 radical (unpaired) electrons. The average Bonchev–Trinajstić information content (AvgIpc) is 2.32. The van der Waals surface area contributed by atoms with Crippen LogP contribution in [0.2, 0.25) is 0 Å². The van der Waals surface area contributed by atoms with Crippen molar-refractivity contribution >= 4 is 19.0 Å². The van der Waals surface area contributed by atoms with E-state index < -0.39 is 0 Å². The topological polar surface area (TPSA) is 3.24 Å². The predicted octanol–water partition coefficient (Wildman–Crippen LogP) is 2.23. The number of hydrogen-bond acceptors (Lipinski definition) is 1. The molecule has 2 aromatic carbocycles. The average molecular weight is 209 g/mol. The van der Waals surface area contributed by atoms with Crippen LogP contribution < -0.4 is 10.4 Å². The normalized spacial score (nSPS) is 8.88. The third kappa shape index (κ3) is 4.69. The summed E-state index contributed by atoms with van der Waals surface area (Å²) < 4.78 is 0. The first-order chi connectivity index (χ1) is 7.70. The Hall–Kier alpha value is -1.70. The fraction of sp³-hybridized carbons (Fsp3) is 0.143. The molecule has 2 rings (SSSR count). The van der Waals surface area contributed by atoms with Crippen LogP contribution in [0, 0.1) is 0 Å². The summed E-state index contributed by atoms with van der Waals surface area (Å²) in [5.74, 6) is 0. The highest BCUT2D eigenvalue weighted by atomic mass is 15.1. The van der Waals surface area contributed by atoms with Gasteiger partial charge in [-0.1, -0.05) is 54.0 Å². The first kappa shape index (κ1) is 12.4. The number of anilines is 1. The molecule has 0 N–H and O–H groups in total. The number of rotatable bonds is 1. The molecule has 0 spiro atoms. The third-order valence-electron chi connectivity index (χ3n) is 2.07. The van der Waals surface area contributed by atoms with Gasteiger partial charge in [-0.15, -0.1) is 0 Å². The minimum Gasteiger partial charge on any atom is -0.378 e. The summed E-state index contributed by atoms with van der Waals surface area (Å²) in [7, 11) is 9.43. The Morgan fingerprint density at radius 2 is 1.19 bits per heavy atom. The predicted molar refractivity (Wildman–Crippen MR) is 72.6 cm³/mol. The van der Waals surface area contributed by atoms with Gasteiger partial charge in [-0.3, -0.25) is 0 Å². The summed E-state index contributed by atoms with van der Waals surface area (Å²) in [6.07, 6.45) is 0. The van der Waals surface area contributed by atoms with Crippen molar-refractivity contribution in [1.29, 1.82) is 0 Å². The lowest BCUT2D eigenvalue weighted by Gasteiger charge is -2.10. The molecule has 0 bridgehead atoms. The van der Waals surface area contributed by atoms with Crippen LogP contribution in [0.25, 0.3) is 0 Å². The summed E-state index contributed by atoms with van der Waals surface area (Å²) in [5, 5.41) is 0. The zero-order chi connectivity index (χ0) is 11.8. The summed E-state index contributed by atoms with van der Waals surface area (Å²) in [6.45, 7) is 0. The van der Waals surface area contributed by atoms with Gasteiger partial charge in [0.05, 0.1) is 0 Å². The number of benzene rings is 2. The van der Waals surface area contributed by atoms with E-state index in [2.05, 4.69) is 17.0 Å². The van der Waals surface area contributed by atoms with Crippen LogP contribution in [-0.4, -0.2) is 21.9 Å². The standard InChI is InChI=1S/C8H11N.C6H5B/c1-9(2)8-6-4-3-5-7-8;7-6-4-2-1-3-5-6/h3-7H,1-2H3;1-5H. The van der Waals surface area contributed by atoms with Crippen molar-refractivity contribution in [2.45, 2.75) is 0 Å². The zero-order valence-corrected chi connectivity index (χ0v) is 9.80. The highest BCUT2D eigenvalue weighted by molar-refractivity contribution is 6.32. The van der Waals surface area contributed by atoms with E-state index in [0.717, 1.165) is 5.46 Å². The molecule has 0 aliphatic carbocycles. The fourth-order valence-electron chi connectivity index (χ4n) is 1.18. The largest absolute Gasteiger partial charge is 0.378 e. The lowest BCUT2D eigenvalue weighted by molar-refractivity contribution is 1.13. The van der Waals surface area contributed by atoms with Gasteiger partial charge in [-0.25, -0.2) is 0 Å². The molecule has 2 heteroatoms. The van der Waals surface area contributed by atoms with Crippen molar-refractivity contribution in [2.75, 3.05) is 19.0 Å². The van der Waals surface area contributed by atoms with Gasteiger partial charge < -0.3 is 4.90 Å². The molecule has 0 saturated carbocycles. The van der Waals surface area contributed by atoms with Crippen molar-refractivity contribution in [2.24, 2.45) is 0 Å². The van der Waals surface area contributed by atoms with Gasteiger partial charge >= 0.3 is 0 Å². The van der Waals surface area contributed by atoms with Crippen molar-refractivity contribution in [3.8, 4) is 0 Å². The second-order valence-electron chi connectivity index (χ2n) is 3.64.